The van der Waals surface area contributed by atoms with Gasteiger partial charge in [-0.1, -0.05) is 0 Å². The average molecular weight is 192 g/mol. The van der Waals surface area contributed by atoms with Gasteiger partial charge < -0.3 is 4.42 Å². The molecule has 0 unspecified atom stereocenters. The standard InChI is InChI=1S/C7H4N4O3/c12-5-3-4(8-6(13)10-5)9-7-11(3)1-2-14-7/h1-2H,(H2,8,10,12,13). The molecular weight excluding hydrogens is 188 g/mol. The fraction of sp³-hybridized carbons (Fsp3) is 0. The van der Waals surface area contributed by atoms with E-state index in [1.807, 2.05) is 0 Å². The summed E-state index contributed by atoms with van der Waals surface area (Å²) in [6.45, 7) is 0. The van der Waals surface area contributed by atoms with E-state index in [-0.39, 0.29) is 17.0 Å². The Hall–Kier alpha value is -2.31. The van der Waals surface area contributed by atoms with Gasteiger partial charge in [-0.05, 0) is 0 Å². The van der Waals surface area contributed by atoms with Crippen LogP contribution in [0.4, 0.5) is 0 Å². The number of H-pyrrole nitrogens is 2. The summed E-state index contributed by atoms with van der Waals surface area (Å²) in [5.74, 6) is 0.271. The molecule has 0 saturated carbocycles. The molecule has 2 N–H and O–H groups in total. The summed E-state index contributed by atoms with van der Waals surface area (Å²) in [4.78, 5) is 30.7. The van der Waals surface area contributed by atoms with Crippen LogP contribution in [0.25, 0.3) is 17.0 Å². The van der Waals surface area contributed by atoms with Gasteiger partial charge in [0, 0.05) is 6.20 Å². The zero-order chi connectivity index (χ0) is 9.71. The summed E-state index contributed by atoms with van der Waals surface area (Å²) >= 11 is 0. The minimum Gasteiger partial charge on any atom is -0.432 e. The molecule has 3 heterocycles. The molecule has 0 bridgehead atoms. The number of aromatic amines is 2. The van der Waals surface area contributed by atoms with E-state index in [1.54, 1.807) is 6.20 Å². The van der Waals surface area contributed by atoms with Gasteiger partial charge in [-0.2, -0.15) is 4.98 Å². The fourth-order valence-corrected chi connectivity index (χ4v) is 1.39. The number of fused-ring (bicyclic) bond motifs is 3. The number of nitrogens with one attached hydrogen (secondary N) is 2. The number of hydrogen-bond acceptors (Lipinski definition) is 4. The van der Waals surface area contributed by atoms with Crippen molar-refractivity contribution in [2.24, 2.45) is 0 Å². The monoisotopic (exact) mass is 192 g/mol. The number of hydrogen-bond donors (Lipinski definition) is 2. The zero-order valence-corrected chi connectivity index (χ0v) is 6.77. The van der Waals surface area contributed by atoms with E-state index in [0.29, 0.717) is 0 Å². The first-order valence-electron chi connectivity index (χ1n) is 3.83. The molecule has 0 atom stereocenters. The third-order valence-corrected chi connectivity index (χ3v) is 1.94. The Balaban J connectivity index is 2.76. The zero-order valence-electron chi connectivity index (χ0n) is 6.77. The van der Waals surface area contributed by atoms with Crippen molar-refractivity contribution in [2.45, 2.75) is 0 Å². The fourth-order valence-electron chi connectivity index (χ4n) is 1.39. The molecule has 0 saturated heterocycles. The molecule has 0 aromatic carbocycles. The lowest BCUT2D eigenvalue weighted by Gasteiger charge is -1.86. The van der Waals surface area contributed by atoms with E-state index < -0.39 is 11.2 Å². The Morgan fingerprint density at radius 2 is 2.21 bits per heavy atom. The third kappa shape index (κ3) is 0.729. The van der Waals surface area contributed by atoms with Gasteiger partial charge in [-0.25, -0.2) is 4.79 Å². The van der Waals surface area contributed by atoms with Crippen LogP contribution in [0.1, 0.15) is 0 Å². The largest absolute Gasteiger partial charge is 0.432 e. The normalized spacial score (nSPS) is 11.4. The summed E-state index contributed by atoms with van der Waals surface area (Å²) in [5, 5.41) is 0. The first-order valence-corrected chi connectivity index (χ1v) is 3.83. The minimum absolute atomic E-state index is 0.220. The van der Waals surface area contributed by atoms with Crippen LogP contribution in [-0.2, 0) is 0 Å². The van der Waals surface area contributed by atoms with Crippen LogP contribution in [0.15, 0.2) is 26.5 Å². The van der Waals surface area contributed by atoms with E-state index in [4.69, 9.17) is 4.42 Å². The summed E-state index contributed by atoms with van der Waals surface area (Å²) in [5.41, 5.74) is -0.577. The topological polar surface area (TPSA) is 96.2 Å². The highest BCUT2D eigenvalue weighted by Gasteiger charge is 2.10. The predicted octanol–water partition coefficient (Wildman–Crippen LogP) is -0.543. The van der Waals surface area contributed by atoms with Gasteiger partial charge in [-0.15, -0.1) is 0 Å². The molecule has 3 rings (SSSR count). The molecule has 0 fully saturated rings. The van der Waals surface area contributed by atoms with E-state index in [0.717, 1.165) is 0 Å². The maximum Gasteiger partial charge on any atom is 0.327 e. The molecular formula is C7H4N4O3. The highest BCUT2D eigenvalue weighted by molar-refractivity contribution is 5.73. The van der Waals surface area contributed by atoms with Crippen molar-refractivity contribution in [1.82, 2.24) is 19.4 Å². The van der Waals surface area contributed by atoms with Crippen molar-refractivity contribution in [1.29, 1.82) is 0 Å². The van der Waals surface area contributed by atoms with Gasteiger partial charge in [0.1, 0.15) is 6.26 Å². The number of nitrogens with zero attached hydrogens (tertiary/aromatic N) is 2. The Labute approximate surface area is 75.0 Å². The molecule has 0 aliphatic carbocycles. The van der Waals surface area contributed by atoms with Crippen molar-refractivity contribution in [3.63, 3.8) is 0 Å². The first-order chi connectivity index (χ1) is 6.75. The lowest BCUT2D eigenvalue weighted by molar-refractivity contribution is 0.597. The molecule has 14 heavy (non-hydrogen) atoms. The van der Waals surface area contributed by atoms with Crippen LogP contribution in [0, 0.1) is 0 Å². The summed E-state index contributed by atoms with van der Waals surface area (Å²) in [6.07, 6.45) is 2.96. The SMILES string of the molecule is O=c1[nH]c(=O)c2c(nc3occn32)[nH]1. The first kappa shape index (κ1) is 7.13. The van der Waals surface area contributed by atoms with Crippen molar-refractivity contribution in [2.75, 3.05) is 0 Å². The van der Waals surface area contributed by atoms with Crippen molar-refractivity contribution in [3.8, 4) is 0 Å². The van der Waals surface area contributed by atoms with Crippen LogP contribution in [-0.4, -0.2) is 19.4 Å². The Morgan fingerprint density at radius 1 is 1.36 bits per heavy atom. The van der Waals surface area contributed by atoms with Crippen molar-refractivity contribution in [3.05, 3.63) is 33.3 Å². The van der Waals surface area contributed by atoms with E-state index >= 15 is 0 Å². The van der Waals surface area contributed by atoms with Crippen LogP contribution >= 0.6 is 0 Å². The van der Waals surface area contributed by atoms with Crippen LogP contribution in [0.5, 0.6) is 0 Å². The smallest absolute Gasteiger partial charge is 0.327 e. The van der Waals surface area contributed by atoms with Crippen LogP contribution < -0.4 is 11.2 Å². The van der Waals surface area contributed by atoms with Crippen molar-refractivity contribution >= 4 is 17.0 Å². The molecule has 0 aliphatic heterocycles. The lowest BCUT2D eigenvalue weighted by atomic mass is 10.5. The molecule has 0 amide bonds. The second kappa shape index (κ2) is 2.13. The van der Waals surface area contributed by atoms with Gasteiger partial charge >= 0.3 is 11.5 Å². The summed E-state index contributed by atoms with van der Waals surface area (Å²) < 4.78 is 6.44. The highest BCUT2D eigenvalue weighted by atomic mass is 16.3. The number of aromatic nitrogens is 4. The average Bonchev–Trinajstić information content (AvgIpc) is 2.60. The Kier molecular flexibility index (Phi) is 1.09. The predicted molar refractivity (Wildman–Crippen MR) is 46.2 cm³/mol. The van der Waals surface area contributed by atoms with Crippen LogP contribution in [0.3, 0.4) is 0 Å². The molecule has 0 radical (unpaired) electrons. The molecule has 0 spiro atoms. The Morgan fingerprint density at radius 3 is 3.07 bits per heavy atom. The van der Waals surface area contributed by atoms with E-state index in [1.165, 1.54) is 10.7 Å². The quantitative estimate of drug-likeness (QED) is 0.499. The van der Waals surface area contributed by atoms with Gasteiger partial charge in [0.05, 0.1) is 0 Å². The van der Waals surface area contributed by atoms with Crippen LogP contribution in [0.2, 0.25) is 0 Å². The number of imidazole rings is 1. The molecule has 3 aromatic rings. The van der Waals surface area contributed by atoms with Crippen molar-refractivity contribution < 1.29 is 4.42 Å². The number of oxazole rings is 1. The second-order valence-corrected chi connectivity index (χ2v) is 2.77. The van der Waals surface area contributed by atoms with Gasteiger partial charge in [0.2, 0.25) is 0 Å². The van der Waals surface area contributed by atoms with Gasteiger partial charge in [-0.3, -0.25) is 19.2 Å². The van der Waals surface area contributed by atoms with E-state index in [2.05, 4.69) is 15.0 Å². The summed E-state index contributed by atoms with van der Waals surface area (Å²) in [6, 6.07) is 0. The molecule has 7 nitrogen and oxygen atoms in total. The molecule has 3 aromatic heterocycles. The second-order valence-electron chi connectivity index (χ2n) is 2.77. The molecule has 7 heteroatoms. The highest BCUT2D eigenvalue weighted by Crippen LogP contribution is 2.09. The number of rotatable bonds is 0. The maximum atomic E-state index is 11.4. The van der Waals surface area contributed by atoms with Gasteiger partial charge in [0.15, 0.2) is 11.2 Å². The third-order valence-electron chi connectivity index (χ3n) is 1.94. The lowest BCUT2D eigenvalue weighted by Crippen LogP contribution is -2.22. The maximum absolute atomic E-state index is 11.4. The summed E-state index contributed by atoms with van der Waals surface area (Å²) in [7, 11) is 0. The Bertz CT molecular complexity index is 728. The molecule has 0 aliphatic rings. The van der Waals surface area contributed by atoms with E-state index in [9.17, 15) is 9.59 Å². The minimum atomic E-state index is -0.580. The van der Waals surface area contributed by atoms with Gasteiger partial charge in [0.25, 0.3) is 5.56 Å². The molecule has 70 valence electrons.